The lowest BCUT2D eigenvalue weighted by Crippen LogP contribution is -2.52. The van der Waals surface area contributed by atoms with Crippen LogP contribution in [0.25, 0.3) is 0 Å². The monoisotopic (exact) mass is 625 g/mol. The molecule has 3 aromatic carbocycles. The predicted molar refractivity (Wildman–Crippen MR) is 161 cm³/mol. The van der Waals surface area contributed by atoms with Gasteiger partial charge in [-0.2, -0.15) is 0 Å². The standard InChI is InChI=1S/C31H36BrN3O4S/c1-22-11-15-25(16-12-22)20-34(24(3)31(37)33-27-8-4-5-9-27)30(36)21-35(28-10-6-7-26(32)19-28)40(38,39)29-17-13-23(2)14-18-29/h6-7,10-19,24,27H,4-5,8-9,20-21H2,1-3H3,(H,33,37)/t24-/m1/s1. The quantitative estimate of drug-likeness (QED) is 0.311. The summed E-state index contributed by atoms with van der Waals surface area (Å²) in [6, 6.07) is 20.5. The zero-order valence-electron chi connectivity index (χ0n) is 23.1. The van der Waals surface area contributed by atoms with E-state index in [0.717, 1.165) is 46.7 Å². The minimum Gasteiger partial charge on any atom is -0.352 e. The number of rotatable bonds is 10. The van der Waals surface area contributed by atoms with Crippen molar-refractivity contribution in [3.8, 4) is 0 Å². The number of nitrogens with zero attached hydrogens (tertiary/aromatic N) is 2. The van der Waals surface area contributed by atoms with Crippen molar-refractivity contribution >= 4 is 43.5 Å². The van der Waals surface area contributed by atoms with Gasteiger partial charge in [0.1, 0.15) is 12.6 Å². The highest BCUT2D eigenvalue weighted by atomic mass is 79.9. The summed E-state index contributed by atoms with van der Waals surface area (Å²) in [6.45, 7) is 5.28. The average Bonchev–Trinajstić information content (AvgIpc) is 3.44. The first-order chi connectivity index (χ1) is 19.0. The van der Waals surface area contributed by atoms with E-state index >= 15 is 0 Å². The molecular weight excluding hydrogens is 590 g/mol. The normalized spacial score (nSPS) is 14.5. The number of anilines is 1. The maximum atomic E-state index is 14.0. The molecule has 1 saturated carbocycles. The molecule has 1 N–H and O–H groups in total. The van der Waals surface area contributed by atoms with E-state index in [9.17, 15) is 18.0 Å². The Kier molecular flexibility index (Phi) is 9.68. The maximum absolute atomic E-state index is 14.0. The molecule has 0 spiro atoms. The summed E-state index contributed by atoms with van der Waals surface area (Å²) in [5.74, 6) is -0.701. The number of halogens is 1. The first kappa shape index (κ1) is 29.8. The van der Waals surface area contributed by atoms with Crippen LogP contribution in [0.2, 0.25) is 0 Å². The summed E-state index contributed by atoms with van der Waals surface area (Å²) < 4.78 is 29.6. The van der Waals surface area contributed by atoms with Crippen LogP contribution in [0.1, 0.15) is 49.3 Å². The molecule has 3 aromatic rings. The molecule has 0 unspecified atom stereocenters. The van der Waals surface area contributed by atoms with Crippen LogP contribution in [0.5, 0.6) is 0 Å². The van der Waals surface area contributed by atoms with Crippen LogP contribution >= 0.6 is 15.9 Å². The highest BCUT2D eigenvalue weighted by molar-refractivity contribution is 9.10. The second-order valence-electron chi connectivity index (χ2n) is 10.5. The van der Waals surface area contributed by atoms with Gasteiger partial charge in [-0.25, -0.2) is 8.42 Å². The smallest absolute Gasteiger partial charge is 0.264 e. The molecule has 1 aliphatic carbocycles. The fourth-order valence-corrected chi connectivity index (χ4v) is 6.66. The number of amides is 2. The Morgan fingerprint density at radius 1 is 0.950 bits per heavy atom. The van der Waals surface area contributed by atoms with Crippen molar-refractivity contribution in [3.63, 3.8) is 0 Å². The van der Waals surface area contributed by atoms with Gasteiger partial charge in [0.05, 0.1) is 10.6 Å². The van der Waals surface area contributed by atoms with Gasteiger partial charge in [0.2, 0.25) is 11.8 Å². The molecule has 0 heterocycles. The molecule has 1 fully saturated rings. The molecule has 0 bridgehead atoms. The molecule has 1 atom stereocenters. The Bertz CT molecular complexity index is 1440. The van der Waals surface area contributed by atoms with E-state index in [-0.39, 0.29) is 23.4 Å². The number of hydrogen-bond acceptors (Lipinski definition) is 4. The number of aryl methyl sites for hydroxylation is 2. The first-order valence-electron chi connectivity index (χ1n) is 13.5. The van der Waals surface area contributed by atoms with Gasteiger partial charge in [0.25, 0.3) is 10.0 Å². The molecule has 0 saturated heterocycles. The van der Waals surface area contributed by atoms with E-state index in [1.165, 1.54) is 4.90 Å². The van der Waals surface area contributed by atoms with Gasteiger partial charge in [-0.1, -0.05) is 82.4 Å². The molecule has 7 nitrogen and oxygen atoms in total. The Morgan fingerprint density at radius 3 is 2.15 bits per heavy atom. The van der Waals surface area contributed by atoms with Gasteiger partial charge in [0.15, 0.2) is 0 Å². The molecule has 40 heavy (non-hydrogen) atoms. The van der Waals surface area contributed by atoms with Crippen molar-refractivity contribution in [2.24, 2.45) is 0 Å². The van der Waals surface area contributed by atoms with Gasteiger partial charge in [-0.3, -0.25) is 13.9 Å². The van der Waals surface area contributed by atoms with Crippen LogP contribution < -0.4 is 9.62 Å². The predicted octanol–water partition coefficient (Wildman–Crippen LogP) is 5.74. The van der Waals surface area contributed by atoms with Crippen LogP contribution in [0.15, 0.2) is 82.2 Å². The van der Waals surface area contributed by atoms with E-state index in [1.54, 1.807) is 55.5 Å². The second kappa shape index (κ2) is 13.0. The molecular formula is C31H36BrN3O4S. The Morgan fingerprint density at radius 2 is 1.55 bits per heavy atom. The zero-order chi connectivity index (χ0) is 28.9. The largest absolute Gasteiger partial charge is 0.352 e. The van der Waals surface area contributed by atoms with Gasteiger partial charge >= 0.3 is 0 Å². The van der Waals surface area contributed by atoms with Crippen molar-refractivity contribution in [1.82, 2.24) is 10.2 Å². The van der Waals surface area contributed by atoms with Gasteiger partial charge in [0, 0.05) is 17.1 Å². The summed E-state index contributed by atoms with van der Waals surface area (Å²) in [5.41, 5.74) is 3.21. The maximum Gasteiger partial charge on any atom is 0.264 e. The number of benzene rings is 3. The third-order valence-corrected chi connectivity index (χ3v) is 9.61. The highest BCUT2D eigenvalue weighted by Crippen LogP contribution is 2.27. The van der Waals surface area contributed by atoms with E-state index in [1.807, 2.05) is 38.1 Å². The third-order valence-electron chi connectivity index (χ3n) is 7.33. The van der Waals surface area contributed by atoms with Gasteiger partial charge in [-0.05, 0) is 69.5 Å². The minimum atomic E-state index is -4.09. The van der Waals surface area contributed by atoms with Crippen molar-refractivity contribution in [2.45, 2.75) is 70.0 Å². The Labute approximate surface area is 245 Å². The average molecular weight is 627 g/mol. The fourth-order valence-electron chi connectivity index (χ4n) is 4.86. The summed E-state index contributed by atoms with van der Waals surface area (Å²) in [5, 5.41) is 3.09. The lowest BCUT2D eigenvalue weighted by atomic mass is 10.1. The SMILES string of the molecule is Cc1ccc(CN(C(=O)CN(c2cccc(Br)c2)S(=O)(=O)c2ccc(C)cc2)[C@H](C)C(=O)NC2CCCC2)cc1. The number of hydrogen-bond donors (Lipinski definition) is 1. The molecule has 4 rings (SSSR count). The Balaban J connectivity index is 1.68. The highest BCUT2D eigenvalue weighted by Gasteiger charge is 2.33. The van der Waals surface area contributed by atoms with E-state index in [2.05, 4.69) is 21.2 Å². The minimum absolute atomic E-state index is 0.0861. The van der Waals surface area contributed by atoms with Crippen molar-refractivity contribution in [1.29, 1.82) is 0 Å². The molecule has 1 aliphatic rings. The molecule has 0 aliphatic heterocycles. The molecule has 0 aromatic heterocycles. The molecule has 2 amide bonds. The third kappa shape index (κ3) is 7.31. The Hall–Kier alpha value is -3.17. The molecule has 212 valence electrons. The van der Waals surface area contributed by atoms with Crippen molar-refractivity contribution in [3.05, 3.63) is 94.0 Å². The summed E-state index contributed by atoms with van der Waals surface area (Å²) >= 11 is 3.42. The van der Waals surface area contributed by atoms with E-state index in [0.29, 0.717) is 10.2 Å². The van der Waals surface area contributed by atoms with Crippen LogP contribution in [0, 0.1) is 13.8 Å². The van der Waals surface area contributed by atoms with Crippen molar-refractivity contribution in [2.75, 3.05) is 10.8 Å². The lowest BCUT2D eigenvalue weighted by molar-refractivity contribution is -0.139. The van der Waals surface area contributed by atoms with Gasteiger partial charge in [-0.15, -0.1) is 0 Å². The van der Waals surface area contributed by atoms with Crippen LogP contribution in [0.4, 0.5) is 5.69 Å². The van der Waals surface area contributed by atoms with E-state index < -0.39 is 28.5 Å². The zero-order valence-corrected chi connectivity index (χ0v) is 25.5. The second-order valence-corrected chi connectivity index (χ2v) is 13.3. The molecule has 0 radical (unpaired) electrons. The topological polar surface area (TPSA) is 86.8 Å². The van der Waals surface area contributed by atoms with Crippen LogP contribution in [0.3, 0.4) is 0 Å². The summed E-state index contributed by atoms with van der Waals surface area (Å²) in [6.07, 6.45) is 4.00. The van der Waals surface area contributed by atoms with Crippen LogP contribution in [-0.2, 0) is 26.2 Å². The van der Waals surface area contributed by atoms with Crippen LogP contribution in [-0.4, -0.2) is 43.8 Å². The number of nitrogens with one attached hydrogen (secondary N) is 1. The first-order valence-corrected chi connectivity index (χ1v) is 15.8. The lowest BCUT2D eigenvalue weighted by Gasteiger charge is -2.32. The number of carbonyl (C=O) groups excluding carboxylic acids is 2. The summed E-state index contributed by atoms with van der Waals surface area (Å²) in [4.78, 5) is 28.9. The number of carbonyl (C=O) groups is 2. The van der Waals surface area contributed by atoms with Gasteiger partial charge < -0.3 is 10.2 Å². The summed E-state index contributed by atoms with van der Waals surface area (Å²) in [7, 11) is -4.09. The molecule has 9 heteroatoms. The van der Waals surface area contributed by atoms with E-state index in [4.69, 9.17) is 0 Å². The number of sulfonamides is 1. The van der Waals surface area contributed by atoms with Crippen molar-refractivity contribution < 1.29 is 18.0 Å². The fraction of sp³-hybridized carbons (Fsp3) is 0.355.